The van der Waals surface area contributed by atoms with Crippen LogP contribution in [0, 0.1) is 5.82 Å². The lowest BCUT2D eigenvalue weighted by molar-refractivity contribution is 0.626. The van der Waals surface area contributed by atoms with Crippen molar-refractivity contribution < 1.29 is 4.39 Å². The number of rotatable bonds is 2. The van der Waals surface area contributed by atoms with Crippen molar-refractivity contribution >= 4 is 22.9 Å². The lowest BCUT2D eigenvalue weighted by Gasteiger charge is -2.05. The molecule has 94 valence electrons. The van der Waals surface area contributed by atoms with Crippen LogP contribution in [0.15, 0.2) is 23.6 Å². The molecule has 1 N–H and O–H groups in total. The molecule has 0 radical (unpaired) electrons. The van der Waals surface area contributed by atoms with Gasteiger partial charge in [0.15, 0.2) is 0 Å². The second-order valence-corrected chi connectivity index (χ2v) is 5.59. The summed E-state index contributed by atoms with van der Waals surface area (Å²) in [4.78, 5) is 4.52. The predicted octanol–water partition coefficient (Wildman–Crippen LogP) is 4.03. The molecular formula is C13H12ClFN2S. The van der Waals surface area contributed by atoms with Crippen LogP contribution < -0.4 is 5.32 Å². The Hall–Kier alpha value is -0.970. The summed E-state index contributed by atoms with van der Waals surface area (Å²) < 4.78 is 13.8. The predicted molar refractivity (Wildman–Crippen MR) is 72.5 cm³/mol. The molecular weight excluding hydrogens is 271 g/mol. The zero-order valence-electron chi connectivity index (χ0n) is 9.62. The fourth-order valence-electron chi connectivity index (χ4n) is 2.20. The molecule has 1 aliphatic heterocycles. The molecule has 1 saturated heterocycles. The molecule has 1 aromatic carbocycles. The first kappa shape index (κ1) is 12.1. The molecule has 0 amide bonds. The zero-order valence-corrected chi connectivity index (χ0v) is 11.2. The van der Waals surface area contributed by atoms with Crippen molar-refractivity contribution in [3.8, 4) is 10.6 Å². The first-order chi connectivity index (χ1) is 8.75. The standard InChI is InChI=1S/C13H12ClFN2S/c14-8-3-1-4-9(15)12(8)13-17-11(7-18-13)10-5-2-6-16-10/h1,3-4,7,10,16H,2,5-6H2/t10-/m0/s1. The van der Waals surface area contributed by atoms with Crippen molar-refractivity contribution in [3.05, 3.63) is 40.1 Å². The van der Waals surface area contributed by atoms with Crippen LogP contribution in [0.2, 0.25) is 5.02 Å². The Labute approximate surface area is 114 Å². The second-order valence-electron chi connectivity index (χ2n) is 4.32. The first-order valence-electron chi connectivity index (χ1n) is 5.89. The van der Waals surface area contributed by atoms with Gasteiger partial charge < -0.3 is 5.32 Å². The number of halogens is 2. The molecule has 18 heavy (non-hydrogen) atoms. The van der Waals surface area contributed by atoms with E-state index in [4.69, 9.17) is 11.6 Å². The van der Waals surface area contributed by atoms with E-state index in [1.54, 1.807) is 12.1 Å². The Kier molecular flexibility index (Phi) is 3.33. The van der Waals surface area contributed by atoms with Crippen molar-refractivity contribution in [3.63, 3.8) is 0 Å². The summed E-state index contributed by atoms with van der Waals surface area (Å²) in [5.41, 5.74) is 1.40. The molecule has 0 saturated carbocycles. The van der Waals surface area contributed by atoms with Crippen LogP contribution in [-0.4, -0.2) is 11.5 Å². The van der Waals surface area contributed by atoms with Crippen molar-refractivity contribution in [2.24, 2.45) is 0 Å². The van der Waals surface area contributed by atoms with Crippen molar-refractivity contribution in [1.82, 2.24) is 10.3 Å². The van der Waals surface area contributed by atoms with Gasteiger partial charge in [0.05, 0.1) is 22.3 Å². The minimum Gasteiger partial charge on any atom is -0.309 e. The molecule has 1 atom stereocenters. The third-order valence-corrected chi connectivity index (χ3v) is 4.31. The molecule has 0 spiro atoms. The molecule has 2 nitrogen and oxygen atoms in total. The summed E-state index contributed by atoms with van der Waals surface area (Å²) in [6.45, 7) is 1.03. The second kappa shape index (κ2) is 4.96. The molecule has 5 heteroatoms. The van der Waals surface area contributed by atoms with E-state index in [0.717, 1.165) is 25.1 Å². The van der Waals surface area contributed by atoms with E-state index in [0.29, 0.717) is 21.6 Å². The lowest BCUT2D eigenvalue weighted by Crippen LogP contribution is -2.12. The van der Waals surface area contributed by atoms with Gasteiger partial charge in [0.25, 0.3) is 0 Å². The van der Waals surface area contributed by atoms with Gasteiger partial charge in [-0.15, -0.1) is 11.3 Å². The van der Waals surface area contributed by atoms with Gasteiger partial charge in [0.2, 0.25) is 0 Å². The minimum absolute atomic E-state index is 0.306. The van der Waals surface area contributed by atoms with E-state index in [9.17, 15) is 4.39 Å². The third-order valence-electron chi connectivity index (χ3n) is 3.12. The van der Waals surface area contributed by atoms with Crippen molar-refractivity contribution in [2.75, 3.05) is 6.54 Å². The van der Waals surface area contributed by atoms with E-state index < -0.39 is 0 Å². The van der Waals surface area contributed by atoms with Gasteiger partial charge in [-0.2, -0.15) is 0 Å². The molecule has 0 aliphatic carbocycles. The van der Waals surface area contributed by atoms with E-state index in [-0.39, 0.29) is 5.82 Å². The minimum atomic E-state index is -0.317. The maximum Gasteiger partial charge on any atom is 0.134 e. The summed E-state index contributed by atoms with van der Waals surface area (Å²) in [7, 11) is 0. The Morgan fingerprint density at radius 1 is 1.44 bits per heavy atom. The topological polar surface area (TPSA) is 24.9 Å². The number of thiazole rings is 1. The van der Waals surface area contributed by atoms with Gasteiger partial charge in [0, 0.05) is 5.38 Å². The molecule has 1 fully saturated rings. The summed E-state index contributed by atoms with van der Waals surface area (Å²) in [6, 6.07) is 5.01. The zero-order chi connectivity index (χ0) is 12.5. The van der Waals surface area contributed by atoms with Crippen molar-refractivity contribution in [2.45, 2.75) is 18.9 Å². The largest absolute Gasteiger partial charge is 0.309 e. The van der Waals surface area contributed by atoms with E-state index in [1.807, 2.05) is 5.38 Å². The number of hydrogen-bond acceptors (Lipinski definition) is 3. The van der Waals surface area contributed by atoms with E-state index in [2.05, 4.69) is 10.3 Å². The monoisotopic (exact) mass is 282 g/mol. The van der Waals surface area contributed by atoms with Crippen LogP contribution in [0.1, 0.15) is 24.6 Å². The van der Waals surface area contributed by atoms with E-state index >= 15 is 0 Å². The molecule has 1 aromatic heterocycles. The van der Waals surface area contributed by atoms with E-state index in [1.165, 1.54) is 17.4 Å². The number of benzene rings is 1. The van der Waals surface area contributed by atoms with Crippen LogP contribution in [0.4, 0.5) is 4.39 Å². The Morgan fingerprint density at radius 2 is 2.33 bits per heavy atom. The lowest BCUT2D eigenvalue weighted by atomic mass is 10.2. The molecule has 1 aliphatic rings. The fourth-order valence-corrected chi connectivity index (χ4v) is 3.44. The fraction of sp³-hybridized carbons (Fsp3) is 0.308. The van der Waals surface area contributed by atoms with Gasteiger partial charge in [-0.1, -0.05) is 17.7 Å². The smallest absolute Gasteiger partial charge is 0.134 e. The van der Waals surface area contributed by atoms with Gasteiger partial charge in [-0.3, -0.25) is 0 Å². The highest BCUT2D eigenvalue weighted by Crippen LogP contribution is 2.34. The van der Waals surface area contributed by atoms with Crippen LogP contribution in [0.25, 0.3) is 10.6 Å². The maximum absolute atomic E-state index is 13.8. The summed E-state index contributed by atoms with van der Waals surface area (Å²) in [5.74, 6) is -0.317. The Morgan fingerprint density at radius 3 is 3.06 bits per heavy atom. The quantitative estimate of drug-likeness (QED) is 0.900. The first-order valence-corrected chi connectivity index (χ1v) is 7.14. The van der Waals surface area contributed by atoms with Crippen LogP contribution in [0.5, 0.6) is 0 Å². The van der Waals surface area contributed by atoms with Crippen molar-refractivity contribution in [1.29, 1.82) is 0 Å². The highest BCUT2D eigenvalue weighted by Gasteiger charge is 2.20. The SMILES string of the molecule is Fc1cccc(Cl)c1-c1nc([C@@H]2CCCN2)cs1. The van der Waals surface area contributed by atoms with Gasteiger partial charge in [-0.25, -0.2) is 9.37 Å². The van der Waals surface area contributed by atoms with Crippen LogP contribution >= 0.6 is 22.9 Å². The Balaban J connectivity index is 1.97. The number of nitrogens with zero attached hydrogens (tertiary/aromatic N) is 1. The third kappa shape index (κ3) is 2.16. The van der Waals surface area contributed by atoms with Gasteiger partial charge >= 0.3 is 0 Å². The molecule has 0 unspecified atom stereocenters. The normalized spacial score (nSPS) is 19.3. The summed E-state index contributed by atoms with van der Waals surface area (Å²) in [6.07, 6.45) is 2.26. The highest BCUT2D eigenvalue weighted by molar-refractivity contribution is 7.13. The molecule has 2 aromatic rings. The number of aromatic nitrogens is 1. The Bertz CT molecular complexity index is 544. The average Bonchev–Trinajstić information content (AvgIpc) is 2.99. The van der Waals surface area contributed by atoms with Crippen LogP contribution in [0.3, 0.4) is 0 Å². The highest BCUT2D eigenvalue weighted by atomic mass is 35.5. The molecule has 3 rings (SSSR count). The van der Waals surface area contributed by atoms with Gasteiger partial charge in [-0.05, 0) is 31.5 Å². The summed E-state index contributed by atoms with van der Waals surface area (Å²) >= 11 is 7.49. The molecule has 2 heterocycles. The molecule has 0 bridgehead atoms. The number of nitrogens with one attached hydrogen (secondary N) is 1. The maximum atomic E-state index is 13.8. The van der Waals surface area contributed by atoms with Crippen LogP contribution in [-0.2, 0) is 0 Å². The average molecular weight is 283 g/mol. The summed E-state index contributed by atoms with van der Waals surface area (Å²) in [5, 5.41) is 6.44. The number of hydrogen-bond donors (Lipinski definition) is 1. The van der Waals surface area contributed by atoms with Gasteiger partial charge in [0.1, 0.15) is 10.8 Å².